The predicted molar refractivity (Wildman–Crippen MR) is 54.4 cm³/mol. The van der Waals surface area contributed by atoms with Gasteiger partial charge in [-0.15, -0.1) is 0 Å². The number of carbonyl (C=O) groups is 1. The van der Waals surface area contributed by atoms with Crippen LogP contribution in [0.5, 0.6) is 0 Å². The van der Waals surface area contributed by atoms with Gasteiger partial charge in [-0.25, -0.2) is 0 Å². The molecular weight excluding hydrogens is 241 g/mol. The van der Waals surface area contributed by atoms with Crippen LogP contribution in [0.25, 0.3) is 0 Å². The second kappa shape index (κ2) is 9.20. The lowest BCUT2D eigenvalue weighted by atomic mass is 10.4. The normalized spacial score (nSPS) is 11.5. The monoisotopic (exact) mass is 258 g/mol. The Morgan fingerprint density at radius 1 is 1.24 bits per heavy atom. The summed E-state index contributed by atoms with van der Waals surface area (Å²) in [5.41, 5.74) is 5.18. The summed E-state index contributed by atoms with van der Waals surface area (Å²) in [4.78, 5) is 11.0. The summed E-state index contributed by atoms with van der Waals surface area (Å²) in [6.07, 6.45) is -3.83. The molecule has 0 rings (SSSR count). The Bertz CT molecular complexity index is 212. The first-order valence-electron chi connectivity index (χ1n) is 5.14. The van der Waals surface area contributed by atoms with Crippen LogP contribution in [0, 0.1) is 0 Å². The van der Waals surface area contributed by atoms with Crippen LogP contribution in [-0.2, 0) is 14.3 Å². The van der Waals surface area contributed by atoms with Gasteiger partial charge in [-0.1, -0.05) is 0 Å². The zero-order chi connectivity index (χ0) is 13.1. The van der Waals surface area contributed by atoms with Crippen molar-refractivity contribution >= 4 is 5.91 Å². The Hall–Kier alpha value is -0.860. The van der Waals surface area contributed by atoms with Gasteiger partial charge in [0.15, 0.2) is 0 Å². The van der Waals surface area contributed by atoms with E-state index in [9.17, 15) is 18.0 Å². The fourth-order valence-electron chi connectivity index (χ4n) is 0.898. The molecule has 0 bridgehead atoms. The molecule has 5 nitrogen and oxygen atoms in total. The van der Waals surface area contributed by atoms with Gasteiger partial charge in [0.05, 0.1) is 6.61 Å². The third kappa shape index (κ3) is 13.1. The molecule has 102 valence electrons. The maximum Gasteiger partial charge on any atom is 0.411 e. The predicted octanol–water partition coefficient (Wildman–Crippen LogP) is 0.0469. The highest BCUT2D eigenvalue weighted by Gasteiger charge is 2.27. The van der Waals surface area contributed by atoms with Gasteiger partial charge in [0.1, 0.15) is 13.2 Å². The maximum atomic E-state index is 11.6. The zero-order valence-electron chi connectivity index (χ0n) is 9.39. The van der Waals surface area contributed by atoms with E-state index in [2.05, 4.69) is 10.1 Å². The topological polar surface area (TPSA) is 73.6 Å². The maximum absolute atomic E-state index is 11.6. The quantitative estimate of drug-likeness (QED) is 0.573. The van der Waals surface area contributed by atoms with E-state index in [4.69, 9.17) is 10.5 Å². The van der Waals surface area contributed by atoms with Crippen molar-refractivity contribution in [2.75, 3.05) is 39.5 Å². The first kappa shape index (κ1) is 16.1. The van der Waals surface area contributed by atoms with Crippen molar-refractivity contribution in [1.29, 1.82) is 0 Å². The molecule has 0 aliphatic carbocycles. The molecular formula is C9H17F3N2O3. The number of nitrogens with two attached hydrogens (primary N) is 1. The SMILES string of the molecule is NCCOCCCNC(=O)COCC(F)(F)F. The molecule has 0 unspecified atom stereocenters. The van der Waals surface area contributed by atoms with Gasteiger partial charge in [0, 0.05) is 19.7 Å². The molecule has 8 heteroatoms. The molecule has 0 aliphatic rings. The summed E-state index contributed by atoms with van der Waals surface area (Å²) in [5.74, 6) is -0.576. The van der Waals surface area contributed by atoms with E-state index in [0.29, 0.717) is 32.7 Å². The summed E-state index contributed by atoms with van der Waals surface area (Å²) in [6, 6.07) is 0. The summed E-state index contributed by atoms with van der Waals surface area (Å²) in [7, 11) is 0. The number of halogens is 3. The molecule has 0 saturated carbocycles. The smallest absolute Gasteiger partial charge is 0.380 e. The van der Waals surface area contributed by atoms with Crippen LogP contribution in [-0.4, -0.2) is 51.6 Å². The number of amides is 1. The second-order valence-electron chi connectivity index (χ2n) is 3.21. The lowest BCUT2D eigenvalue weighted by Gasteiger charge is -2.08. The lowest BCUT2D eigenvalue weighted by Crippen LogP contribution is -2.31. The van der Waals surface area contributed by atoms with E-state index in [1.54, 1.807) is 0 Å². The molecule has 0 heterocycles. The number of nitrogens with one attached hydrogen (secondary N) is 1. The third-order valence-corrected chi connectivity index (χ3v) is 1.55. The summed E-state index contributed by atoms with van der Waals surface area (Å²) >= 11 is 0. The van der Waals surface area contributed by atoms with Crippen LogP contribution in [0.3, 0.4) is 0 Å². The van der Waals surface area contributed by atoms with E-state index in [-0.39, 0.29) is 0 Å². The molecule has 0 aromatic heterocycles. The minimum atomic E-state index is -4.41. The van der Waals surface area contributed by atoms with Gasteiger partial charge in [0.25, 0.3) is 0 Å². The Balaban J connectivity index is 3.29. The Kier molecular flexibility index (Phi) is 8.73. The average molecular weight is 258 g/mol. The number of alkyl halides is 3. The van der Waals surface area contributed by atoms with Gasteiger partial charge in [0.2, 0.25) is 5.91 Å². The molecule has 0 spiro atoms. The van der Waals surface area contributed by atoms with Crippen molar-refractivity contribution in [3.05, 3.63) is 0 Å². The molecule has 0 aromatic carbocycles. The highest BCUT2D eigenvalue weighted by Crippen LogP contribution is 2.13. The van der Waals surface area contributed by atoms with E-state index in [1.807, 2.05) is 0 Å². The van der Waals surface area contributed by atoms with Crippen LogP contribution in [0.4, 0.5) is 13.2 Å². The minimum absolute atomic E-state index is 0.332. The second-order valence-corrected chi connectivity index (χ2v) is 3.21. The van der Waals surface area contributed by atoms with Gasteiger partial charge >= 0.3 is 6.18 Å². The molecule has 0 aromatic rings. The summed E-state index contributed by atoms with van der Waals surface area (Å²) < 4.78 is 44.1. The van der Waals surface area contributed by atoms with Gasteiger partial charge in [-0.05, 0) is 6.42 Å². The van der Waals surface area contributed by atoms with Gasteiger partial charge < -0.3 is 20.5 Å². The Morgan fingerprint density at radius 2 is 1.94 bits per heavy atom. The highest BCUT2D eigenvalue weighted by atomic mass is 19.4. The Morgan fingerprint density at radius 3 is 2.53 bits per heavy atom. The van der Waals surface area contributed by atoms with Crippen LogP contribution < -0.4 is 11.1 Å². The van der Waals surface area contributed by atoms with Crippen molar-refractivity contribution in [3.8, 4) is 0 Å². The standard InChI is InChI=1S/C9H17F3N2O3/c10-9(11,12)7-17-6-8(15)14-3-1-4-16-5-2-13/h1-7,13H2,(H,14,15). The van der Waals surface area contributed by atoms with E-state index < -0.39 is 25.3 Å². The number of hydrogen-bond acceptors (Lipinski definition) is 4. The van der Waals surface area contributed by atoms with Crippen LogP contribution in [0.1, 0.15) is 6.42 Å². The number of rotatable bonds is 9. The molecule has 3 N–H and O–H groups in total. The van der Waals surface area contributed by atoms with E-state index >= 15 is 0 Å². The number of hydrogen-bond donors (Lipinski definition) is 2. The first-order valence-corrected chi connectivity index (χ1v) is 5.14. The van der Waals surface area contributed by atoms with Crippen molar-refractivity contribution < 1.29 is 27.4 Å². The Labute approximate surface area is 97.4 Å². The summed E-state index contributed by atoms with van der Waals surface area (Å²) in [6.45, 7) is -0.358. The molecule has 1 amide bonds. The zero-order valence-corrected chi connectivity index (χ0v) is 9.39. The molecule has 0 fully saturated rings. The summed E-state index contributed by atoms with van der Waals surface area (Å²) in [5, 5.41) is 2.40. The minimum Gasteiger partial charge on any atom is -0.380 e. The van der Waals surface area contributed by atoms with Crippen LogP contribution in [0.15, 0.2) is 0 Å². The van der Waals surface area contributed by atoms with E-state index in [0.717, 1.165) is 0 Å². The molecule has 0 aliphatic heterocycles. The molecule has 0 saturated heterocycles. The third-order valence-electron chi connectivity index (χ3n) is 1.55. The van der Waals surface area contributed by atoms with Crippen molar-refractivity contribution in [3.63, 3.8) is 0 Å². The fraction of sp³-hybridized carbons (Fsp3) is 0.889. The molecule has 0 atom stereocenters. The van der Waals surface area contributed by atoms with Gasteiger partial charge in [-0.3, -0.25) is 4.79 Å². The number of ether oxygens (including phenoxy) is 2. The first-order chi connectivity index (χ1) is 7.95. The van der Waals surface area contributed by atoms with E-state index in [1.165, 1.54) is 0 Å². The largest absolute Gasteiger partial charge is 0.411 e. The van der Waals surface area contributed by atoms with Crippen LogP contribution in [0.2, 0.25) is 0 Å². The lowest BCUT2D eigenvalue weighted by molar-refractivity contribution is -0.175. The average Bonchev–Trinajstić information content (AvgIpc) is 2.21. The highest BCUT2D eigenvalue weighted by molar-refractivity contribution is 5.77. The van der Waals surface area contributed by atoms with Crippen molar-refractivity contribution in [2.45, 2.75) is 12.6 Å². The number of carbonyl (C=O) groups excluding carboxylic acids is 1. The fourth-order valence-corrected chi connectivity index (χ4v) is 0.898. The van der Waals surface area contributed by atoms with Gasteiger partial charge in [-0.2, -0.15) is 13.2 Å². The molecule has 17 heavy (non-hydrogen) atoms. The van der Waals surface area contributed by atoms with Crippen molar-refractivity contribution in [1.82, 2.24) is 5.32 Å². The van der Waals surface area contributed by atoms with Crippen LogP contribution >= 0.6 is 0 Å². The molecule has 0 radical (unpaired) electrons. The van der Waals surface area contributed by atoms with Crippen molar-refractivity contribution in [2.24, 2.45) is 5.73 Å².